The van der Waals surface area contributed by atoms with E-state index in [9.17, 15) is 8.42 Å². The fraction of sp³-hybridized carbons (Fsp3) is 0.467. The molecule has 0 saturated heterocycles. The van der Waals surface area contributed by atoms with Crippen LogP contribution in [0.2, 0.25) is 19.6 Å². The third kappa shape index (κ3) is 4.95. The van der Waals surface area contributed by atoms with Crippen LogP contribution in [0, 0.1) is 0 Å². The van der Waals surface area contributed by atoms with E-state index >= 15 is 0 Å². The zero-order chi connectivity index (χ0) is 14.7. The van der Waals surface area contributed by atoms with Crippen LogP contribution in [-0.2, 0) is 16.3 Å². The summed E-state index contributed by atoms with van der Waals surface area (Å²) >= 11 is 0. The SMILES string of the molecule is C/C(=C/Cc1ccccc1)C([Si](C)(C)C)S(C)(=O)=O. The molecule has 0 amide bonds. The molecule has 1 atom stereocenters. The Hall–Kier alpha value is -0.873. The summed E-state index contributed by atoms with van der Waals surface area (Å²) in [6.07, 6.45) is 4.22. The van der Waals surface area contributed by atoms with Crippen molar-refractivity contribution in [1.82, 2.24) is 0 Å². The largest absolute Gasteiger partial charge is 0.229 e. The van der Waals surface area contributed by atoms with E-state index in [0.717, 1.165) is 12.0 Å². The van der Waals surface area contributed by atoms with Crippen molar-refractivity contribution in [2.45, 2.75) is 37.9 Å². The molecule has 0 aromatic heterocycles. The maximum Gasteiger partial charge on any atom is 0.151 e. The summed E-state index contributed by atoms with van der Waals surface area (Å²) in [6.45, 7) is 8.28. The third-order valence-corrected chi connectivity index (χ3v) is 9.79. The van der Waals surface area contributed by atoms with Gasteiger partial charge >= 0.3 is 0 Å². The van der Waals surface area contributed by atoms with Gasteiger partial charge in [0.05, 0.1) is 12.9 Å². The highest BCUT2D eigenvalue weighted by Gasteiger charge is 2.35. The summed E-state index contributed by atoms with van der Waals surface area (Å²) in [5.41, 5.74) is 2.20. The van der Waals surface area contributed by atoms with Crippen LogP contribution in [0.1, 0.15) is 12.5 Å². The number of benzene rings is 1. The number of hydrogen-bond acceptors (Lipinski definition) is 2. The van der Waals surface area contributed by atoms with E-state index in [1.54, 1.807) is 0 Å². The van der Waals surface area contributed by atoms with E-state index in [-0.39, 0.29) is 4.87 Å². The lowest BCUT2D eigenvalue weighted by molar-refractivity contribution is 0.600. The van der Waals surface area contributed by atoms with Gasteiger partial charge in [-0.2, -0.15) is 0 Å². The molecule has 0 radical (unpaired) electrons. The van der Waals surface area contributed by atoms with Crippen molar-refractivity contribution < 1.29 is 8.42 Å². The molecule has 2 nitrogen and oxygen atoms in total. The molecule has 0 aliphatic rings. The molecule has 19 heavy (non-hydrogen) atoms. The van der Waals surface area contributed by atoms with Crippen LogP contribution in [0.4, 0.5) is 0 Å². The first-order chi connectivity index (χ1) is 8.62. The zero-order valence-electron chi connectivity index (χ0n) is 12.5. The lowest BCUT2D eigenvalue weighted by Crippen LogP contribution is -2.44. The van der Waals surface area contributed by atoms with Crippen molar-refractivity contribution >= 4 is 17.9 Å². The van der Waals surface area contributed by atoms with Crippen LogP contribution in [0.3, 0.4) is 0 Å². The van der Waals surface area contributed by atoms with Gasteiger partial charge in [0.1, 0.15) is 0 Å². The van der Waals surface area contributed by atoms with Crippen molar-refractivity contribution in [3.63, 3.8) is 0 Å². The molecule has 0 aliphatic heterocycles. The topological polar surface area (TPSA) is 34.1 Å². The molecule has 1 aromatic rings. The van der Waals surface area contributed by atoms with E-state index in [1.165, 1.54) is 11.8 Å². The van der Waals surface area contributed by atoms with E-state index < -0.39 is 17.9 Å². The molecule has 1 rings (SSSR count). The Morgan fingerprint density at radius 2 is 1.74 bits per heavy atom. The molecule has 0 saturated carbocycles. The molecule has 0 bridgehead atoms. The second kappa shape index (κ2) is 6.05. The Morgan fingerprint density at radius 1 is 1.21 bits per heavy atom. The molecule has 4 heteroatoms. The third-order valence-electron chi connectivity index (χ3n) is 3.13. The van der Waals surface area contributed by atoms with Gasteiger partial charge in [0, 0.05) is 6.26 Å². The first-order valence-corrected chi connectivity index (χ1v) is 12.0. The highest BCUT2D eigenvalue weighted by molar-refractivity contribution is 7.93. The van der Waals surface area contributed by atoms with Gasteiger partial charge in [0.15, 0.2) is 9.84 Å². The maximum absolute atomic E-state index is 12.0. The number of sulfone groups is 1. The Bertz CT molecular complexity index is 539. The smallest absolute Gasteiger partial charge is 0.151 e. The second-order valence-electron chi connectivity index (χ2n) is 6.21. The van der Waals surface area contributed by atoms with E-state index in [1.807, 2.05) is 25.1 Å². The van der Waals surface area contributed by atoms with Crippen molar-refractivity contribution in [2.75, 3.05) is 6.26 Å². The Labute approximate surface area is 118 Å². The van der Waals surface area contributed by atoms with Gasteiger partial charge < -0.3 is 0 Å². The van der Waals surface area contributed by atoms with Crippen LogP contribution in [0.15, 0.2) is 42.0 Å². The molecular formula is C15H24O2SSi. The van der Waals surface area contributed by atoms with Gasteiger partial charge in [0.25, 0.3) is 0 Å². The summed E-state index contributed by atoms with van der Waals surface area (Å²) in [7, 11) is -4.81. The van der Waals surface area contributed by atoms with Gasteiger partial charge in [-0.15, -0.1) is 0 Å². The highest BCUT2D eigenvalue weighted by atomic mass is 32.2. The van der Waals surface area contributed by atoms with Gasteiger partial charge in [-0.3, -0.25) is 0 Å². The van der Waals surface area contributed by atoms with Crippen LogP contribution in [0.5, 0.6) is 0 Å². The quantitative estimate of drug-likeness (QED) is 0.616. The van der Waals surface area contributed by atoms with Crippen LogP contribution >= 0.6 is 0 Å². The minimum Gasteiger partial charge on any atom is -0.229 e. The van der Waals surface area contributed by atoms with E-state index in [2.05, 4.69) is 37.8 Å². The highest BCUT2D eigenvalue weighted by Crippen LogP contribution is 2.23. The number of allylic oxidation sites excluding steroid dienone is 1. The van der Waals surface area contributed by atoms with Crippen molar-refractivity contribution in [3.05, 3.63) is 47.5 Å². The van der Waals surface area contributed by atoms with E-state index in [4.69, 9.17) is 0 Å². The fourth-order valence-electron chi connectivity index (χ4n) is 2.66. The van der Waals surface area contributed by atoms with Gasteiger partial charge in [0.2, 0.25) is 0 Å². The van der Waals surface area contributed by atoms with Gasteiger partial charge in [-0.05, 0) is 18.9 Å². The van der Waals surface area contributed by atoms with Crippen molar-refractivity contribution in [2.24, 2.45) is 0 Å². The lowest BCUT2D eigenvalue weighted by atomic mass is 10.1. The first-order valence-electron chi connectivity index (χ1n) is 6.52. The van der Waals surface area contributed by atoms with Gasteiger partial charge in [-0.1, -0.05) is 61.6 Å². The summed E-state index contributed by atoms with van der Waals surface area (Å²) in [4.78, 5) is -0.288. The normalized spacial score (nSPS) is 15.3. The van der Waals surface area contributed by atoms with Crippen LogP contribution < -0.4 is 0 Å². The molecule has 0 fully saturated rings. The lowest BCUT2D eigenvalue weighted by Gasteiger charge is -2.28. The average molecular weight is 297 g/mol. The zero-order valence-corrected chi connectivity index (χ0v) is 14.3. The second-order valence-corrected chi connectivity index (χ2v) is 14.1. The Morgan fingerprint density at radius 3 is 2.16 bits per heavy atom. The molecule has 1 unspecified atom stereocenters. The molecule has 1 aromatic carbocycles. The van der Waals surface area contributed by atoms with Crippen LogP contribution in [-0.4, -0.2) is 27.6 Å². The molecule has 0 heterocycles. The van der Waals surface area contributed by atoms with Crippen LogP contribution in [0.25, 0.3) is 0 Å². The van der Waals surface area contributed by atoms with Gasteiger partial charge in [-0.25, -0.2) is 8.42 Å². The summed E-state index contributed by atoms with van der Waals surface area (Å²) in [5, 5.41) is 0. The molecule has 106 valence electrons. The molecule has 0 aliphatic carbocycles. The van der Waals surface area contributed by atoms with Crippen molar-refractivity contribution in [1.29, 1.82) is 0 Å². The maximum atomic E-state index is 12.0. The first kappa shape index (κ1) is 16.2. The summed E-state index contributed by atoms with van der Waals surface area (Å²) < 4.78 is 24.0. The Balaban J connectivity index is 2.99. The molecule has 0 N–H and O–H groups in total. The average Bonchev–Trinajstić information content (AvgIpc) is 2.24. The van der Waals surface area contributed by atoms with Crippen molar-refractivity contribution in [3.8, 4) is 0 Å². The minimum atomic E-state index is -3.03. The number of rotatable bonds is 5. The standard InChI is InChI=1S/C15H24O2SSi/c1-13(11-12-14-9-7-6-8-10-14)15(18(2,16)17)19(3,4)5/h6-11,15H,12H2,1-5H3/b13-11-. The molecular weight excluding hydrogens is 272 g/mol. The predicted octanol–water partition coefficient (Wildman–Crippen LogP) is 3.47. The Kier molecular flexibility index (Phi) is 5.16. The molecule has 0 spiro atoms. The predicted molar refractivity (Wildman–Crippen MR) is 85.9 cm³/mol. The van der Waals surface area contributed by atoms with E-state index in [0.29, 0.717) is 0 Å². The number of hydrogen-bond donors (Lipinski definition) is 0. The monoisotopic (exact) mass is 296 g/mol. The summed E-state index contributed by atoms with van der Waals surface area (Å²) in [6, 6.07) is 10.1. The minimum absolute atomic E-state index is 0.288. The fourth-order valence-corrected chi connectivity index (χ4v) is 10.1. The summed E-state index contributed by atoms with van der Waals surface area (Å²) in [5.74, 6) is 0.